The van der Waals surface area contributed by atoms with Crippen molar-refractivity contribution in [1.82, 2.24) is 0 Å². The summed E-state index contributed by atoms with van der Waals surface area (Å²) in [5.41, 5.74) is -1.08. The summed E-state index contributed by atoms with van der Waals surface area (Å²) in [7, 11) is 0. The Morgan fingerprint density at radius 1 is 1.19 bits per heavy atom. The second-order valence-corrected chi connectivity index (χ2v) is 6.57. The van der Waals surface area contributed by atoms with E-state index in [9.17, 15) is 23.3 Å². The maximum atomic E-state index is 12.7. The fourth-order valence-electron chi connectivity index (χ4n) is 1.81. The molecule has 0 bridgehead atoms. The normalized spacial score (nSPS) is 11.7. The fraction of sp³-hybridized carbons (Fsp3) is 0.250. The van der Waals surface area contributed by atoms with Gasteiger partial charge < -0.3 is 8.92 Å². The van der Waals surface area contributed by atoms with Crippen LogP contribution in [-0.4, -0.2) is 11.0 Å². The van der Waals surface area contributed by atoms with E-state index in [-0.39, 0.29) is 33.2 Å². The van der Waals surface area contributed by atoms with Gasteiger partial charge in [0.25, 0.3) is 5.69 Å². The third-order valence-electron chi connectivity index (χ3n) is 2.95. The van der Waals surface area contributed by atoms with E-state index in [1.807, 2.05) is 0 Å². The van der Waals surface area contributed by atoms with Crippen molar-refractivity contribution in [3.63, 3.8) is 0 Å². The Balaban J connectivity index is 2.29. The van der Waals surface area contributed by atoms with Crippen molar-refractivity contribution in [3.05, 3.63) is 57.1 Å². The summed E-state index contributed by atoms with van der Waals surface area (Å²) in [5, 5.41) is 10.9. The minimum Gasteiger partial charge on any atom is -0.456 e. The summed E-state index contributed by atoms with van der Waals surface area (Å²) in [4.78, 5) is 10.7. The van der Waals surface area contributed by atoms with Crippen LogP contribution in [0.15, 0.2) is 41.3 Å². The molecule has 0 spiro atoms. The second kappa shape index (κ2) is 8.15. The topological polar surface area (TPSA) is 61.6 Å². The molecule has 140 valence electrons. The quantitative estimate of drug-likeness (QED) is 0.311. The molecule has 0 unspecified atom stereocenters. The molecule has 5 nitrogen and oxygen atoms in total. The monoisotopic (exact) mass is 407 g/mol. The third kappa shape index (κ3) is 5.26. The van der Waals surface area contributed by atoms with Crippen molar-refractivity contribution < 1.29 is 27.0 Å². The van der Waals surface area contributed by atoms with E-state index >= 15 is 0 Å². The summed E-state index contributed by atoms with van der Waals surface area (Å²) in [5.74, 6) is 0.168. The Kier molecular flexibility index (Phi) is 6.38. The van der Waals surface area contributed by atoms with Gasteiger partial charge in [0.05, 0.1) is 21.6 Å². The average Bonchev–Trinajstić information content (AvgIpc) is 2.53. The van der Waals surface area contributed by atoms with Gasteiger partial charge in [0.1, 0.15) is 16.4 Å². The molecule has 0 fully saturated rings. The number of hydrogen-bond donors (Lipinski definition) is 0. The van der Waals surface area contributed by atoms with Gasteiger partial charge in [-0.05, 0) is 38.1 Å². The molecule has 0 N–H and O–H groups in total. The summed E-state index contributed by atoms with van der Waals surface area (Å²) in [6.45, 7) is 3.53. The molecule has 0 aliphatic rings. The van der Waals surface area contributed by atoms with Gasteiger partial charge >= 0.3 is 6.18 Å². The van der Waals surface area contributed by atoms with Crippen molar-refractivity contribution in [1.29, 1.82) is 0 Å². The second-order valence-electron chi connectivity index (χ2n) is 5.36. The zero-order valence-corrected chi connectivity index (χ0v) is 15.1. The summed E-state index contributed by atoms with van der Waals surface area (Å²) in [6.07, 6.45) is -4.69. The number of ether oxygens (including phenoxy) is 1. The molecule has 2 rings (SSSR count). The summed E-state index contributed by atoms with van der Waals surface area (Å²) >= 11 is 6.66. The SMILES string of the molecule is CC(C)OSc1cc(Oc2ccc(C(F)(F)F)cc2Cl)ccc1[N+](=O)[O-]. The molecule has 26 heavy (non-hydrogen) atoms. The highest BCUT2D eigenvalue weighted by Gasteiger charge is 2.31. The highest BCUT2D eigenvalue weighted by Crippen LogP contribution is 2.39. The number of rotatable bonds is 6. The van der Waals surface area contributed by atoms with Crippen molar-refractivity contribution in [2.24, 2.45) is 0 Å². The van der Waals surface area contributed by atoms with Gasteiger partial charge in [0, 0.05) is 24.2 Å². The van der Waals surface area contributed by atoms with Crippen molar-refractivity contribution >= 4 is 29.3 Å². The van der Waals surface area contributed by atoms with E-state index in [0.717, 1.165) is 30.2 Å². The van der Waals surface area contributed by atoms with Gasteiger partial charge in [0.2, 0.25) is 0 Å². The van der Waals surface area contributed by atoms with Gasteiger partial charge in [-0.1, -0.05) is 11.6 Å². The van der Waals surface area contributed by atoms with Crippen LogP contribution in [0, 0.1) is 10.1 Å². The molecule has 0 aliphatic heterocycles. The first-order valence-corrected chi connectivity index (χ1v) is 8.36. The lowest BCUT2D eigenvalue weighted by molar-refractivity contribution is -0.387. The maximum absolute atomic E-state index is 12.7. The molecule has 0 heterocycles. The molecule has 0 saturated heterocycles. The molecule has 0 aromatic heterocycles. The predicted molar refractivity (Wildman–Crippen MR) is 91.7 cm³/mol. The summed E-state index contributed by atoms with van der Waals surface area (Å²) in [6, 6.07) is 6.58. The first-order valence-electron chi connectivity index (χ1n) is 7.24. The number of halogens is 4. The number of nitro benzene ring substituents is 1. The van der Waals surface area contributed by atoms with Crippen LogP contribution in [0.25, 0.3) is 0 Å². The van der Waals surface area contributed by atoms with Crippen molar-refractivity contribution in [3.8, 4) is 11.5 Å². The Morgan fingerprint density at radius 2 is 1.88 bits per heavy atom. The first-order chi connectivity index (χ1) is 12.1. The molecule has 0 radical (unpaired) electrons. The molecule has 0 aliphatic carbocycles. The molecule has 2 aromatic rings. The number of nitrogens with zero attached hydrogens (tertiary/aromatic N) is 1. The van der Waals surface area contributed by atoms with Crippen LogP contribution in [0.3, 0.4) is 0 Å². The lowest BCUT2D eigenvalue weighted by atomic mass is 10.2. The number of benzene rings is 2. The van der Waals surface area contributed by atoms with Crippen LogP contribution >= 0.6 is 23.6 Å². The van der Waals surface area contributed by atoms with Gasteiger partial charge in [-0.15, -0.1) is 0 Å². The van der Waals surface area contributed by atoms with Crippen LogP contribution in [0.5, 0.6) is 11.5 Å². The number of hydrogen-bond acceptors (Lipinski definition) is 5. The number of nitro groups is 1. The van der Waals surface area contributed by atoms with Gasteiger partial charge in [0.15, 0.2) is 0 Å². The van der Waals surface area contributed by atoms with Gasteiger partial charge in [-0.25, -0.2) is 0 Å². The third-order valence-corrected chi connectivity index (χ3v) is 4.23. The van der Waals surface area contributed by atoms with E-state index in [1.54, 1.807) is 13.8 Å². The zero-order chi connectivity index (χ0) is 19.5. The maximum Gasteiger partial charge on any atom is 0.416 e. The first kappa shape index (κ1) is 20.3. The average molecular weight is 408 g/mol. The van der Waals surface area contributed by atoms with Crippen LogP contribution in [0.1, 0.15) is 19.4 Å². The van der Waals surface area contributed by atoms with E-state index in [1.165, 1.54) is 18.2 Å². The van der Waals surface area contributed by atoms with Gasteiger partial charge in [-0.2, -0.15) is 13.2 Å². The van der Waals surface area contributed by atoms with Crippen LogP contribution in [-0.2, 0) is 10.4 Å². The van der Waals surface area contributed by atoms with Crippen LogP contribution in [0.4, 0.5) is 18.9 Å². The molecule has 0 amide bonds. The largest absolute Gasteiger partial charge is 0.456 e. The lowest BCUT2D eigenvalue weighted by Gasteiger charge is -2.12. The Bertz CT molecular complexity index is 815. The lowest BCUT2D eigenvalue weighted by Crippen LogP contribution is -2.04. The number of alkyl halides is 3. The Morgan fingerprint density at radius 3 is 2.42 bits per heavy atom. The minimum atomic E-state index is -4.52. The standard InChI is InChI=1S/C16H13ClF3NO4S/c1-9(2)25-26-15-8-11(4-5-13(15)21(22)23)24-14-6-3-10(7-12(14)17)16(18,19)20/h3-9H,1-2H3. The summed E-state index contributed by atoms with van der Waals surface area (Å²) < 4.78 is 48.8. The molecular formula is C16H13ClF3NO4S. The fourth-order valence-corrected chi connectivity index (χ4v) is 2.72. The Hall–Kier alpha value is -1.97. The van der Waals surface area contributed by atoms with Crippen LogP contribution < -0.4 is 4.74 Å². The molecular weight excluding hydrogens is 395 g/mol. The van der Waals surface area contributed by atoms with Crippen LogP contribution in [0.2, 0.25) is 5.02 Å². The van der Waals surface area contributed by atoms with E-state index < -0.39 is 16.7 Å². The van der Waals surface area contributed by atoms with E-state index in [0.29, 0.717) is 0 Å². The van der Waals surface area contributed by atoms with E-state index in [2.05, 4.69) is 0 Å². The minimum absolute atomic E-state index is 0.00533. The molecule has 0 atom stereocenters. The van der Waals surface area contributed by atoms with E-state index in [4.69, 9.17) is 20.5 Å². The zero-order valence-electron chi connectivity index (χ0n) is 13.5. The smallest absolute Gasteiger partial charge is 0.416 e. The highest BCUT2D eigenvalue weighted by atomic mass is 35.5. The van der Waals surface area contributed by atoms with Crippen molar-refractivity contribution in [2.75, 3.05) is 0 Å². The highest BCUT2D eigenvalue weighted by molar-refractivity contribution is 7.94. The molecule has 0 saturated carbocycles. The predicted octanol–water partition coefficient (Wildman–Crippen LogP) is 6.49. The van der Waals surface area contributed by atoms with Crippen molar-refractivity contribution in [2.45, 2.75) is 31.0 Å². The Labute approximate surface area is 156 Å². The molecule has 10 heteroatoms. The molecule has 2 aromatic carbocycles. The van der Waals surface area contributed by atoms with Gasteiger partial charge in [-0.3, -0.25) is 10.1 Å².